The van der Waals surface area contributed by atoms with Crippen LogP contribution in [-0.4, -0.2) is 31.3 Å². The fourth-order valence-electron chi connectivity index (χ4n) is 4.25. The molecule has 9 heteroatoms. The second-order valence-corrected chi connectivity index (χ2v) is 7.00. The van der Waals surface area contributed by atoms with Gasteiger partial charge < -0.3 is 14.2 Å². The average Bonchev–Trinajstić information content (AvgIpc) is 3.16. The number of fused-ring (bicyclic) bond motifs is 1. The zero-order chi connectivity index (χ0) is 20.5. The Bertz CT molecular complexity index is 950. The lowest BCUT2D eigenvalue weighted by Crippen LogP contribution is -2.42. The number of carbonyl (C=O) groups excluding carboxylic acids is 1. The lowest BCUT2D eigenvalue weighted by atomic mass is 9.75. The Morgan fingerprint density at radius 3 is 2.66 bits per heavy atom. The SMILES string of the molecule is COc1cccc(C2CC(=O)OC3NNC(c4cccc([N+](=O)[O-])c4)C32)c1OC. The summed E-state index contributed by atoms with van der Waals surface area (Å²) in [5.41, 5.74) is 7.75. The minimum absolute atomic E-state index is 0.0102. The van der Waals surface area contributed by atoms with Gasteiger partial charge in [0.05, 0.1) is 31.6 Å². The van der Waals surface area contributed by atoms with Crippen molar-refractivity contribution >= 4 is 11.7 Å². The molecule has 29 heavy (non-hydrogen) atoms. The fourth-order valence-corrected chi connectivity index (χ4v) is 4.25. The molecule has 0 aromatic heterocycles. The third kappa shape index (κ3) is 3.39. The molecule has 0 spiro atoms. The predicted molar refractivity (Wildman–Crippen MR) is 102 cm³/mol. The van der Waals surface area contributed by atoms with Crippen LogP contribution in [0.2, 0.25) is 0 Å². The molecule has 2 N–H and O–H groups in total. The Morgan fingerprint density at radius 2 is 1.93 bits per heavy atom. The monoisotopic (exact) mass is 399 g/mol. The van der Waals surface area contributed by atoms with Gasteiger partial charge in [0.2, 0.25) is 0 Å². The number of benzene rings is 2. The molecular weight excluding hydrogens is 378 g/mol. The van der Waals surface area contributed by atoms with Crippen molar-refractivity contribution in [3.05, 3.63) is 63.7 Å². The van der Waals surface area contributed by atoms with Gasteiger partial charge in [-0.2, -0.15) is 0 Å². The first-order chi connectivity index (χ1) is 14.0. The minimum Gasteiger partial charge on any atom is -0.493 e. The molecule has 2 aliphatic rings. The summed E-state index contributed by atoms with van der Waals surface area (Å²) >= 11 is 0. The summed E-state index contributed by atoms with van der Waals surface area (Å²) in [6.07, 6.45) is -0.402. The number of hydrogen-bond acceptors (Lipinski definition) is 8. The van der Waals surface area contributed by atoms with Crippen molar-refractivity contribution in [1.82, 2.24) is 10.9 Å². The van der Waals surface area contributed by atoms with Crippen molar-refractivity contribution in [3.8, 4) is 11.5 Å². The summed E-state index contributed by atoms with van der Waals surface area (Å²) in [7, 11) is 3.12. The maximum atomic E-state index is 12.3. The normalized spacial score (nSPS) is 25.8. The second-order valence-electron chi connectivity index (χ2n) is 7.00. The van der Waals surface area contributed by atoms with Gasteiger partial charge in [-0.3, -0.25) is 14.9 Å². The zero-order valence-corrected chi connectivity index (χ0v) is 16.0. The van der Waals surface area contributed by atoms with Gasteiger partial charge in [0.25, 0.3) is 5.69 Å². The molecule has 2 fully saturated rings. The Labute approximate surface area is 167 Å². The fraction of sp³-hybridized carbons (Fsp3) is 0.350. The highest BCUT2D eigenvalue weighted by atomic mass is 16.6. The first kappa shape index (κ1) is 19.2. The number of hydrazine groups is 1. The van der Waals surface area contributed by atoms with Crippen molar-refractivity contribution in [2.24, 2.45) is 5.92 Å². The van der Waals surface area contributed by atoms with Crippen LogP contribution in [0.4, 0.5) is 5.69 Å². The summed E-state index contributed by atoms with van der Waals surface area (Å²) in [5.74, 6) is 0.383. The molecule has 0 saturated carbocycles. The molecule has 152 valence electrons. The highest BCUT2D eigenvalue weighted by Crippen LogP contribution is 2.49. The third-order valence-corrected chi connectivity index (χ3v) is 5.50. The molecule has 4 rings (SSSR count). The molecule has 2 saturated heterocycles. The van der Waals surface area contributed by atoms with E-state index in [0.717, 1.165) is 11.1 Å². The molecular formula is C20H21N3O6. The van der Waals surface area contributed by atoms with Crippen molar-refractivity contribution in [1.29, 1.82) is 0 Å². The van der Waals surface area contributed by atoms with Crippen LogP contribution in [0, 0.1) is 16.0 Å². The summed E-state index contributed by atoms with van der Waals surface area (Å²) in [4.78, 5) is 23.1. The molecule has 2 aromatic carbocycles. The molecule has 0 amide bonds. The molecule has 0 bridgehead atoms. The van der Waals surface area contributed by atoms with Crippen LogP contribution in [-0.2, 0) is 9.53 Å². The van der Waals surface area contributed by atoms with Gasteiger partial charge in [0, 0.05) is 29.5 Å². The van der Waals surface area contributed by atoms with Crippen LogP contribution < -0.4 is 20.3 Å². The summed E-state index contributed by atoms with van der Waals surface area (Å²) in [5, 5.41) is 11.2. The largest absolute Gasteiger partial charge is 0.493 e. The van der Waals surface area contributed by atoms with E-state index in [1.165, 1.54) is 12.1 Å². The van der Waals surface area contributed by atoms with Crippen LogP contribution in [0.25, 0.3) is 0 Å². The topological polar surface area (TPSA) is 112 Å². The molecule has 2 aromatic rings. The number of nitrogens with one attached hydrogen (secondary N) is 2. The Balaban J connectivity index is 1.77. The number of para-hydroxylation sites is 1. The maximum absolute atomic E-state index is 12.3. The molecule has 4 unspecified atom stereocenters. The predicted octanol–water partition coefficient (Wildman–Crippen LogP) is 2.43. The van der Waals surface area contributed by atoms with E-state index < -0.39 is 11.2 Å². The number of non-ortho nitro benzene ring substituents is 1. The number of esters is 1. The van der Waals surface area contributed by atoms with E-state index in [4.69, 9.17) is 14.2 Å². The van der Waals surface area contributed by atoms with E-state index in [2.05, 4.69) is 10.9 Å². The quantitative estimate of drug-likeness (QED) is 0.448. The van der Waals surface area contributed by atoms with E-state index >= 15 is 0 Å². The van der Waals surface area contributed by atoms with Gasteiger partial charge in [-0.15, -0.1) is 0 Å². The first-order valence-electron chi connectivity index (χ1n) is 9.19. The molecule has 2 heterocycles. The molecule has 4 atom stereocenters. The van der Waals surface area contributed by atoms with E-state index in [0.29, 0.717) is 11.5 Å². The smallest absolute Gasteiger partial charge is 0.308 e. The van der Waals surface area contributed by atoms with Crippen LogP contribution in [0.15, 0.2) is 42.5 Å². The maximum Gasteiger partial charge on any atom is 0.308 e. The number of ether oxygens (including phenoxy) is 3. The lowest BCUT2D eigenvalue weighted by molar-refractivity contribution is -0.384. The number of nitro benzene ring substituents is 1. The molecule has 0 aliphatic carbocycles. The van der Waals surface area contributed by atoms with Crippen LogP contribution in [0.1, 0.15) is 29.5 Å². The number of nitro groups is 1. The standard InChI is InChI=1S/C20H21N3O6/c1-27-15-8-4-7-13(19(15)28-2)14-10-16(24)29-20-17(14)18(21-22-20)11-5-3-6-12(9-11)23(25)26/h3-9,14,17-18,20-22H,10H2,1-2H3. The van der Waals surface area contributed by atoms with Gasteiger partial charge in [-0.1, -0.05) is 24.3 Å². The van der Waals surface area contributed by atoms with Crippen molar-refractivity contribution in [2.75, 3.05) is 14.2 Å². The Hall–Kier alpha value is -3.17. The summed E-state index contributed by atoms with van der Waals surface area (Å²) in [6, 6.07) is 11.7. The number of hydrogen-bond donors (Lipinski definition) is 2. The number of rotatable bonds is 5. The lowest BCUT2D eigenvalue weighted by Gasteiger charge is -2.35. The van der Waals surface area contributed by atoms with Gasteiger partial charge in [-0.25, -0.2) is 10.9 Å². The van der Waals surface area contributed by atoms with Crippen molar-refractivity contribution < 1.29 is 23.9 Å². The summed E-state index contributed by atoms with van der Waals surface area (Å²) in [6.45, 7) is 0. The Kier molecular flexibility index (Phi) is 5.08. The summed E-state index contributed by atoms with van der Waals surface area (Å²) < 4.78 is 16.5. The van der Waals surface area contributed by atoms with Crippen LogP contribution in [0.3, 0.4) is 0 Å². The zero-order valence-electron chi connectivity index (χ0n) is 16.0. The highest BCUT2D eigenvalue weighted by molar-refractivity contribution is 5.72. The molecule has 9 nitrogen and oxygen atoms in total. The molecule has 0 radical (unpaired) electrons. The highest BCUT2D eigenvalue weighted by Gasteiger charge is 2.49. The Morgan fingerprint density at radius 1 is 1.14 bits per heavy atom. The second kappa shape index (κ2) is 7.69. The van der Waals surface area contributed by atoms with Gasteiger partial charge in [0.15, 0.2) is 17.7 Å². The van der Waals surface area contributed by atoms with Crippen molar-refractivity contribution in [2.45, 2.75) is 24.6 Å². The third-order valence-electron chi connectivity index (χ3n) is 5.50. The van der Waals surface area contributed by atoms with Gasteiger partial charge >= 0.3 is 5.97 Å². The van der Waals surface area contributed by atoms with Gasteiger partial charge in [-0.05, 0) is 11.6 Å². The van der Waals surface area contributed by atoms with E-state index in [-0.39, 0.29) is 36.0 Å². The minimum atomic E-state index is -0.568. The van der Waals surface area contributed by atoms with Crippen LogP contribution >= 0.6 is 0 Å². The van der Waals surface area contributed by atoms with Crippen LogP contribution in [0.5, 0.6) is 11.5 Å². The first-order valence-corrected chi connectivity index (χ1v) is 9.19. The van der Waals surface area contributed by atoms with E-state index in [9.17, 15) is 14.9 Å². The van der Waals surface area contributed by atoms with E-state index in [1.807, 2.05) is 18.2 Å². The number of carbonyl (C=O) groups is 1. The van der Waals surface area contributed by atoms with Gasteiger partial charge in [0.1, 0.15) is 0 Å². The molecule has 2 aliphatic heterocycles. The average molecular weight is 399 g/mol. The number of methoxy groups -OCH3 is 2. The van der Waals surface area contributed by atoms with E-state index in [1.54, 1.807) is 26.4 Å². The van der Waals surface area contributed by atoms with Crippen molar-refractivity contribution in [3.63, 3.8) is 0 Å². The number of nitrogens with zero attached hydrogens (tertiary/aromatic N) is 1.